The van der Waals surface area contributed by atoms with E-state index in [1.54, 1.807) is 0 Å². The summed E-state index contributed by atoms with van der Waals surface area (Å²) in [6.45, 7) is 6.64. The number of rotatable bonds is 16. The second-order valence-electron chi connectivity index (χ2n) is 11.1. The summed E-state index contributed by atoms with van der Waals surface area (Å²) >= 11 is 0. The van der Waals surface area contributed by atoms with Gasteiger partial charge in [-0.3, -0.25) is 0 Å². The summed E-state index contributed by atoms with van der Waals surface area (Å²) < 4.78 is 27.8. The minimum Gasteiger partial charge on any atom is -0.493 e. The number of hydrogen-bond donors (Lipinski definition) is 1. The largest absolute Gasteiger partial charge is 0.493 e. The normalized spacial score (nSPS) is 17.4. The fourth-order valence-electron chi connectivity index (χ4n) is 5.56. The standard InChI is InChI=1S/C33H47FO4/c1-4-6-7-9-12-25(3)38-31-21-17-28(18-22-31)27-15-19-30(20-16-27)37-24-26(5-2)23-33(34,32(35)36)29-13-10-8-11-14-29/h15-22,25-26,29H,4-14,23-24H2,1-3H3,(H,35,36)/t25-,26?,33+/m0/s1. The van der Waals surface area contributed by atoms with Gasteiger partial charge in [0.05, 0.1) is 12.7 Å². The molecule has 2 aromatic carbocycles. The molecule has 0 bridgehead atoms. The predicted molar refractivity (Wildman–Crippen MR) is 153 cm³/mol. The van der Waals surface area contributed by atoms with E-state index in [2.05, 4.69) is 26.0 Å². The zero-order valence-corrected chi connectivity index (χ0v) is 23.6. The van der Waals surface area contributed by atoms with Crippen LogP contribution in [0.2, 0.25) is 0 Å². The average Bonchev–Trinajstić information content (AvgIpc) is 2.94. The Balaban J connectivity index is 1.52. The van der Waals surface area contributed by atoms with Gasteiger partial charge in [-0.05, 0) is 86.8 Å². The van der Waals surface area contributed by atoms with Gasteiger partial charge in [-0.25, -0.2) is 9.18 Å². The highest BCUT2D eigenvalue weighted by Gasteiger charge is 2.47. The lowest BCUT2D eigenvalue weighted by Gasteiger charge is -2.35. The lowest BCUT2D eigenvalue weighted by molar-refractivity contribution is -0.158. The van der Waals surface area contributed by atoms with Gasteiger partial charge in [-0.15, -0.1) is 0 Å². The number of aliphatic carboxylic acids is 1. The summed E-state index contributed by atoms with van der Waals surface area (Å²) in [6.07, 6.45) is 11.2. The third-order valence-electron chi connectivity index (χ3n) is 8.10. The van der Waals surface area contributed by atoms with Crippen molar-refractivity contribution in [3.8, 4) is 22.6 Å². The van der Waals surface area contributed by atoms with Gasteiger partial charge >= 0.3 is 5.97 Å². The number of carboxylic acid groups (broad SMARTS) is 1. The zero-order valence-electron chi connectivity index (χ0n) is 23.6. The Morgan fingerprint density at radius 1 is 0.947 bits per heavy atom. The van der Waals surface area contributed by atoms with Crippen LogP contribution in [0, 0.1) is 11.8 Å². The highest BCUT2D eigenvalue weighted by molar-refractivity contribution is 5.77. The second-order valence-corrected chi connectivity index (χ2v) is 11.1. The van der Waals surface area contributed by atoms with Crippen molar-refractivity contribution in [2.45, 2.75) is 110 Å². The van der Waals surface area contributed by atoms with Crippen LogP contribution in [0.15, 0.2) is 48.5 Å². The summed E-state index contributed by atoms with van der Waals surface area (Å²) in [7, 11) is 0. The topological polar surface area (TPSA) is 55.8 Å². The number of halogens is 1. The van der Waals surface area contributed by atoms with E-state index in [1.165, 1.54) is 25.7 Å². The molecule has 1 fully saturated rings. The van der Waals surface area contributed by atoms with Crippen molar-refractivity contribution in [1.82, 2.24) is 0 Å². The Morgan fingerprint density at radius 2 is 1.55 bits per heavy atom. The van der Waals surface area contributed by atoms with Crippen LogP contribution in [0.3, 0.4) is 0 Å². The lowest BCUT2D eigenvalue weighted by Crippen LogP contribution is -2.44. The Labute approximate surface area is 228 Å². The Bertz CT molecular complexity index is 952. The number of ether oxygens (including phenoxy) is 2. The molecule has 1 N–H and O–H groups in total. The summed E-state index contributed by atoms with van der Waals surface area (Å²) in [4.78, 5) is 11.9. The van der Waals surface area contributed by atoms with E-state index in [0.717, 1.165) is 42.6 Å². The molecule has 0 spiro atoms. The molecular weight excluding hydrogens is 479 g/mol. The first-order chi connectivity index (χ1) is 18.4. The first-order valence-corrected chi connectivity index (χ1v) is 14.8. The van der Waals surface area contributed by atoms with Crippen molar-refractivity contribution in [1.29, 1.82) is 0 Å². The third kappa shape index (κ3) is 8.74. The smallest absolute Gasteiger partial charge is 0.341 e. The Morgan fingerprint density at radius 3 is 2.11 bits per heavy atom. The van der Waals surface area contributed by atoms with Gasteiger partial charge in [0.1, 0.15) is 11.5 Å². The van der Waals surface area contributed by atoms with E-state index in [-0.39, 0.29) is 18.4 Å². The number of unbranched alkanes of at least 4 members (excludes halogenated alkanes) is 3. The van der Waals surface area contributed by atoms with E-state index in [9.17, 15) is 9.90 Å². The molecule has 1 unspecified atom stereocenters. The van der Waals surface area contributed by atoms with Crippen molar-refractivity contribution in [2.24, 2.45) is 11.8 Å². The molecule has 0 aliphatic heterocycles. The van der Waals surface area contributed by atoms with Crippen LogP contribution < -0.4 is 9.47 Å². The molecule has 1 aliphatic rings. The summed E-state index contributed by atoms with van der Waals surface area (Å²) in [5.74, 6) is -0.264. The molecule has 0 amide bonds. The van der Waals surface area contributed by atoms with E-state index in [1.807, 2.05) is 43.3 Å². The van der Waals surface area contributed by atoms with Crippen LogP contribution in [0.1, 0.15) is 97.8 Å². The molecule has 0 aromatic heterocycles. The van der Waals surface area contributed by atoms with E-state index in [0.29, 0.717) is 31.6 Å². The number of alkyl halides is 1. The predicted octanol–water partition coefficient (Wildman–Crippen LogP) is 9.26. The van der Waals surface area contributed by atoms with Crippen molar-refractivity contribution < 1.29 is 23.8 Å². The Hall–Kier alpha value is -2.56. The molecule has 0 radical (unpaired) electrons. The van der Waals surface area contributed by atoms with Crippen molar-refractivity contribution in [3.63, 3.8) is 0 Å². The number of benzene rings is 2. The fraction of sp³-hybridized carbons (Fsp3) is 0.606. The summed E-state index contributed by atoms with van der Waals surface area (Å²) in [5.41, 5.74) is 0.00780. The van der Waals surface area contributed by atoms with E-state index < -0.39 is 17.6 Å². The van der Waals surface area contributed by atoms with E-state index in [4.69, 9.17) is 9.47 Å². The van der Waals surface area contributed by atoms with Gasteiger partial charge in [0, 0.05) is 5.92 Å². The van der Waals surface area contributed by atoms with Gasteiger partial charge in [0.15, 0.2) is 0 Å². The monoisotopic (exact) mass is 526 g/mol. The second kappa shape index (κ2) is 15.1. The van der Waals surface area contributed by atoms with Crippen molar-refractivity contribution >= 4 is 5.97 Å². The van der Waals surface area contributed by atoms with Crippen LogP contribution in [0.25, 0.3) is 11.1 Å². The zero-order chi connectivity index (χ0) is 27.4. The molecule has 3 atom stereocenters. The van der Waals surface area contributed by atoms with Gasteiger partial charge in [-0.2, -0.15) is 0 Å². The maximum absolute atomic E-state index is 15.7. The molecule has 2 aromatic rings. The molecule has 210 valence electrons. The number of hydrogen-bond acceptors (Lipinski definition) is 3. The molecule has 0 saturated heterocycles. The molecular formula is C33H47FO4. The van der Waals surface area contributed by atoms with Gasteiger partial charge in [0.25, 0.3) is 0 Å². The highest BCUT2D eigenvalue weighted by atomic mass is 19.1. The highest BCUT2D eigenvalue weighted by Crippen LogP contribution is 2.40. The fourth-order valence-corrected chi connectivity index (χ4v) is 5.56. The first-order valence-electron chi connectivity index (χ1n) is 14.8. The van der Waals surface area contributed by atoms with Crippen molar-refractivity contribution in [3.05, 3.63) is 48.5 Å². The summed E-state index contributed by atoms with van der Waals surface area (Å²) in [6, 6.07) is 16.1. The Kier molecular flexibility index (Phi) is 11.9. The van der Waals surface area contributed by atoms with Crippen LogP contribution in [0.5, 0.6) is 11.5 Å². The molecule has 0 heterocycles. The average molecular weight is 527 g/mol. The van der Waals surface area contributed by atoms with Crippen molar-refractivity contribution in [2.75, 3.05) is 6.61 Å². The molecule has 38 heavy (non-hydrogen) atoms. The van der Waals surface area contributed by atoms with Crippen LogP contribution in [-0.2, 0) is 4.79 Å². The summed E-state index contributed by atoms with van der Waals surface area (Å²) in [5, 5.41) is 9.74. The maximum Gasteiger partial charge on any atom is 0.341 e. The van der Waals surface area contributed by atoms with Gasteiger partial charge < -0.3 is 14.6 Å². The van der Waals surface area contributed by atoms with Crippen LogP contribution in [-0.4, -0.2) is 29.5 Å². The lowest BCUT2D eigenvalue weighted by atomic mass is 9.74. The number of carbonyl (C=O) groups is 1. The van der Waals surface area contributed by atoms with Gasteiger partial charge in [-0.1, -0.05) is 76.6 Å². The molecule has 1 aliphatic carbocycles. The SMILES string of the molecule is CCCCCC[C@H](C)Oc1ccc(-c2ccc(OCC(CC)C[C@](F)(C(=O)O)C3CCCCC3)cc2)cc1. The first kappa shape index (κ1) is 30.0. The molecule has 4 nitrogen and oxygen atoms in total. The van der Waals surface area contributed by atoms with Gasteiger partial charge in [0.2, 0.25) is 5.67 Å². The molecule has 1 saturated carbocycles. The molecule has 3 rings (SSSR count). The van der Waals surface area contributed by atoms with E-state index >= 15 is 4.39 Å². The quantitative estimate of drug-likeness (QED) is 0.221. The number of carboxylic acids is 1. The molecule has 5 heteroatoms. The van der Waals surface area contributed by atoms with Crippen LogP contribution in [0.4, 0.5) is 4.39 Å². The third-order valence-corrected chi connectivity index (χ3v) is 8.10. The maximum atomic E-state index is 15.7. The van der Waals surface area contributed by atoms with Crippen LogP contribution >= 0.6 is 0 Å². The minimum absolute atomic E-state index is 0.00730. The minimum atomic E-state index is -2.17.